The molecule has 2 heterocycles. The maximum absolute atomic E-state index is 11.9. The van der Waals surface area contributed by atoms with Gasteiger partial charge in [-0.05, 0) is 25.1 Å². The van der Waals surface area contributed by atoms with Crippen molar-refractivity contribution in [3.8, 4) is 0 Å². The van der Waals surface area contributed by atoms with Gasteiger partial charge in [0.15, 0.2) is 5.13 Å². The Kier molecular flexibility index (Phi) is 4.33. The number of amides is 1. The average molecular weight is 330 g/mol. The Morgan fingerprint density at radius 3 is 3.00 bits per heavy atom. The highest BCUT2D eigenvalue weighted by Gasteiger charge is 2.12. The van der Waals surface area contributed by atoms with E-state index in [1.807, 2.05) is 0 Å². The Labute approximate surface area is 135 Å². The van der Waals surface area contributed by atoms with E-state index < -0.39 is 0 Å². The molecule has 23 heavy (non-hydrogen) atoms. The van der Waals surface area contributed by atoms with E-state index in [0.29, 0.717) is 17.3 Å². The second kappa shape index (κ2) is 6.57. The van der Waals surface area contributed by atoms with E-state index in [4.69, 9.17) is 4.74 Å². The summed E-state index contributed by atoms with van der Waals surface area (Å²) in [5, 5.41) is 3.24. The van der Waals surface area contributed by atoms with Crippen molar-refractivity contribution in [2.75, 3.05) is 11.9 Å². The van der Waals surface area contributed by atoms with Gasteiger partial charge in [0.05, 0.1) is 28.7 Å². The fourth-order valence-electron chi connectivity index (χ4n) is 2.02. The number of aromatic nitrogens is 3. The van der Waals surface area contributed by atoms with Crippen LogP contribution in [0.2, 0.25) is 0 Å². The number of anilines is 1. The normalized spacial score (nSPS) is 10.7. The molecule has 1 aromatic carbocycles. The number of ether oxygens (including phenoxy) is 1. The molecule has 0 saturated carbocycles. The smallest absolute Gasteiger partial charge is 0.338 e. The van der Waals surface area contributed by atoms with Crippen molar-refractivity contribution < 1.29 is 14.3 Å². The summed E-state index contributed by atoms with van der Waals surface area (Å²) in [7, 11) is 0. The highest BCUT2D eigenvalue weighted by molar-refractivity contribution is 7.22. The lowest BCUT2D eigenvalue weighted by atomic mass is 10.2. The van der Waals surface area contributed by atoms with Gasteiger partial charge in [0, 0.05) is 12.4 Å². The van der Waals surface area contributed by atoms with Crippen LogP contribution in [-0.2, 0) is 16.1 Å². The van der Waals surface area contributed by atoms with Crippen LogP contribution in [0.1, 0.15) is 17.3 Å². The molecule has 0 unspecified atom stereocenters. The number of hydrogen-bond donors (Lipinski definition) is 1. The molecule has 1 N–H and O–H groups in total. The molecule has 0 aliphatic heterocycles. The van der Waals surface area contributed by atoms with Crippen molar-refractivity contribution in [1.29, 1.82) is 0 Å². The zero-order chi connectivity index (χ0) is 16.2. The van der Waals surface area contributed by atoms with Crippen molar-refractivity contribution in [2.24, 2.45) is 0 Å². The molecule has 0 fully saturated rings. The molecule has 8 heteroatoms. The SMILES string of the molecule is CCOC(=O)c1ccc2nc(NC(=O)Cn3ccnc3)sc2c1. The minimum absolute atomic E-state index is 0.171. The maximum Gasteiger partial charge on any atom is 0.338 e. The number of fused-ring (bicyclic) bond motifs is 1. The molecule has 0 atom stereocenters. The summed E-state index contributed by atoms with van der Waals surface area (Å²) in [6.45, 7) is 2.26. The molecule has 0 radical (unpaired) electrons. The Hall–Kier alpha value is -2.74. The molecule has 118 valence electrons. The van der Waals surface area contributed by atoms with Crippen LogP contribution >= 0.6 is 11.3 Å². The highest BCUT2D eigenvalue weighted by atomic mass is 32.1. The largest absolute Gasteiger partial charge is 0.462 e. The van der Waals surface area contributed by atoms with Gasteiger partial charge >= 0.3 is 5.97 Å². The Balaban J connectivity index is 1.74. The van der Waals surface area contributed by atoms with E-state index in [-0.39, 0.29) is 18.4 Å². The summed E-state index contributed by atoms with van der Waals surface area (Å²) >= 11 is 1.31. The molecular weight excluding hydrogens is 316 g/mol. The quantitative estimate of drug-likeness (QED) is 0.726. The molecule has 0 spiro atoms. The predicted octanol–water partition coefficient (Wildman–Crippen LogP) is 2.31. The van der Waals surface area contributed by atoms with Crippen molar-refractivity contribution in [1.82, 2.24) is 14.5 Å². The van der Waals surface area contributed by atoms with Gasteiger partial charge in [-0.25, -0.2) is 14.8 Å². The molecule has 3 aromatic rings. The molecule has 0 aliphatic carbocycles. The van der Waals surface area contributed by atoms with Crippen LogP contribution in [0.4, 0.5) is 5.13 Å². The van der Waals surface area contributed by atoms with E-state index in [1.165, 1.54) is 11.3 Å². The molecule has 3 rings (SSSR count). The first-order valence-electron chi connectivity index (χ1n) is 6.99. The van der Waals surface area contributed by atoms with Gasteiger partial charge in [-0.3, -0.25) is 4.79 Å². The number of rotatable bonds is 5. The summed E-state index contributed by atoms with van der Waals surface area (Å²) in [5.74, 6) is -0.554. The lowest BCUT2D eigenvalue weighted by Crippen LogP contribution is -2.17. The molecule has 0 saturated heterocycles. The summed E-state index contributed by atoms with van der Waals surface area (Å²) in [6.07, 6.45) is 4.90. The van der Waals surface area contributed by atoms with Crippen LogP contribution < -0.4 is 5.32 Å². The van der Waals surface area contributed by atoms with E-state index in [2.05, 4.69) is 15.3 Å². The number of carbonyl (C=O) groups is 2. The zero-order valence-corrected chi connectivity index (χ0v) is 13.2. The first-order valence-corrected chi connectivity index (χ1v) is 7.80. The van der Waals surface area contributed by atoms with Crippen LogP contribution in [0.25, 0.3) is 10.2 Å². The number of imidazole rings is 1. The lowest BCUT2D eigenvalue weighted by Gasteiger charge is -2.01. The zero-order valence-electron chi connectivity index (χ0n) is 12.4. The topological polar surface area (TPSA) is 86.1 Å². The van der Waals surface area contributed by atoms with Crippen LogP contribution in [-0.4, -0.2) is 33.0 Å². The average Bonchev–Trinajstić information content (AvgIpc) is 3.15. The van der Waals surface area contributed by atoms with Gasteiger partial charge in [-0.1, -0.05) is 11.3 Å². The fraction of sp³-hybridized carbons (Fsp3) is 0.200. The molecule has 2 aromatic heterocycles. The van der Waals surface area contributed by atoms with Gasteiger partial charge in [0.25, 0.3) is 0 Å². The van der Waals surface area contributed by atoms with Gasteiger partial charge in [0.1, 0.15) is 6.54 Å². The molecule has 7 nitrogen and oxygen atoms in total. The Bertz CT molecular complexity index is 842. The number of nitrogens with zero attached hydrogens (tertiary/aromatic N) is 3. The lowest BCUT2D eigenvalue weighted by molar-refractivity contribution is -0.116. The first-order chi connectivity index (χ1) is 11.2. The second-order valence-electron chi connectivity index (χ2n) is 4.71. The third-order valence-electron chi connectivity index (χ3n) is 3.03. The van der Waals surface area contributed by atoms with Gasteiger partial charge in [-0.2, -0.15) is 0 Å². The standard InChI is InChI=1S/C15H14N4O3S/c1-2-22-14(21)10-3-4-11-12(7-10)23-15(17-11)18-13(20)8-19-6-5-16-9-19/h3-7,9H,2,8H2,1H3,(H,17,18,20). The van der Waals surface area contributed by atoms with E-state index in [1.54, 1.807) is 48.4 Å². The Morgan fingerprint density at radius 2 is 2.26 bits per heavy atom. The maximum atomic E-state index is 11.9. The van der Waals surface area contributed by atoms with E-state index in [9.17, 15) is 9.59 Å². The molecular formula is C15H14N4O3S. The highest BCUT2D eigenvalue weighted by Crippen LogP contribution is 2.27. The van der Waals surface area contributed by atoms with Gasteiger partial charge in [-0.15, -0.1) is 0 Å². The van der Waals surface area contributed by atoms with Crippen molar-refractivity contribution in [2.45, 2.75) is 13.5 Å². The van der Waals surface area contributed by atoms with Crippen LogP contribution in [0.5, 0.6) is 0 Å². The molecule has 1 amide bonds. The summed E-state index contributed by atoms with van der Waals surface area (Å²) in [6, 6.07) is 5.12. The van der Waals surface area contributed by atoms with E-state index >= 15 is 0 Å². The fourth-order valence-corrected chi connectivity index (χ4v) is 2.95. The second-order valence-corrected chi connectivity index (χ2v) is 5.74. The van der Waals surface area contributed by atoms with E-state index in [0.717, 1.165) is 10.2 Å². The number of carbonyl (C=O) groups excluding carboxylic acids is 2. The predicted molar refractivity (Wildman–Crippen MR) is 86.4 cm³/mol. The minimum atomic E-state index is -0.367. The monoisotopic (exact) mass is 330 g/mol. The van der Waals surface area contributed by atoms with Gasteiger partial charge in [0.2, 0.25) is 5.91 Å². The van der Waals surface area contributed by atoms with Crippen LogP contribution in [0.3, 0.4) is 0 Å². The summed E-state index contributed by atoms with van der Waals surface area (Å²) in [5.41, 5.74) is 1.19. The summed E-state index contributed by atoms with van der Waals surface area (Å²) < 4.78 is 7.46. The summed E-state index contributed by atoms with van der Waals surface area (Å²) in [4.78, 5) is 31.9. The van der Waals surface area contributed by atoms with Crippen molar-refractivity contribution in [3.63, 3.8) is 0 Å². The molecule has 0 bridgehead atoms. The third kappa shape index (κ3) is 3.54. The van der Waals surface area contributed by atoms with Gasteiger partial charge < -0.3 is 14.6 Å². The molecule has 0 aliphatic rings. The number of thiazole rings is 1. The Morgan fingerprint density at radius 1 is 1.39 bits per heavy atom. The number of esters is 1. The van der Waals surface area contributed by atoms with Crippen LogP contribution in [0, 0.1) is 0 Å². The number of hydrogen-bond acceptors (Lipinski definition) is 6. The number of benzene rings is 1. The minimum Gasteiger partial charge on any atom is -0.462 e. The number of nitrogens with one attached hydrogen (secondary N) is 1. The first kappa shape index (κ1) is 15.2. The van der Waals surface area contributed by atoms with Crippen molar-refractivity contribution >= 4 is 38.6 Å². The van der Waals surface area contributed by atoms with Crippen molar-refractivity contribution in [3.05, 3.63) is 42.5 Å². The third-order valence-corrected chi connectivity index (χ3v) is 3.96. The van der Waals surface area contributed by atoms with Crippen LogP contribution in [0.15, 0.2) is 36.9 Å².